The van der Waals surface area contributed by atoms with Crippen molar-refractivity contribution >= 4 is 23.5 Å². The number of thiophene rings is 1. The van der Waals surface area contributed by atoms with E-state index >= 15 is 0 Å². The lowest BCUT2D eigenvalue weighted by molar-refractivity contribution is 0.0954. The predicted octanol–water partition coefficient (Wildman–Crippen LogP) is 2.49. The number of aromatic hydroxyl groups is 2. The van der Waals surface area contributed by atoms with Gasteiger partial charge in [0.1, 0.15) is 11.5 Å². The second-order valence-corrected chi connectivity index (χ2v) is 5.29. The highest BCUT2D eigenvalue weighted by atomic mass is 32.1. The SMILES string of the molecule is CCc1ccc(/C=N/NC(=O)c2cc(O)cc(O)c2)s1. The van der Waals surface area contributed by atoms with E-state index in [4.69, 9.17) is 0 Å². The maximum atomic E-state index is 11.8. The van der Waals surface area contributed by atoms with Crippen molar-refractivity contribution in [3.8, 4) is 11.5 Å². The Hall–Kier alpha value is -2.34. The van der Waals surface area contributed by atoms with Gasteiger partial charge in [0.15, 0.2) is 0 Å². The van der Waals surface area contributed by atoms with Crippen LogP contribution in [-0.4, -0.2) is 22.3 Å². The minimum absolute atomic E-state index is 0.139. The molecular weight excluding hydrogens is 276 g/mol. The molecule has 0 aliphatic carbocycles. The second kappa shape index (κ2) is 6.21. The van der Waals surface area contributed by atoms with Gasteiger partial charge in [-0.1, -0.05) is 6.92 Å². The fourth-order valence-corrected chi connectivity index (χ4v) is 2.42. The Morgan fingerprint density at radius 3 is 2.60 bits per heavy atom. The molecule has 2 aromatic rings. The molecule has 0 bridgehead atoms. The molecule has 104 valence electrons. The molecule has 0 fully saturated rings. The van der Waals surface area contributed by atoms with Gasteiger partial charge in [-0.25, -0.2) is 5.43 Å². The summed E-state index contributed by atoms with van der Waals surface area (Å²) < 4.78 is 0. The molecule has 0 spiro atoms. The van der Waals surface area contributed by atoms with Crippen molar-refractivity contribution in [2.75, 3.05) is 0 Å². The van der Waals surface area contributed by atoms with Crippen molar-refractivity contribution in [1.29, 1.82) is 0 Å². The molecule has 0 radical (unpaired) electrons. The number of benzene rings is 1. The molecule has 1 aromatic carbocycles. The number of phenols is 2. The summed E-state index contributed by atoms with van der Waals surface area (Å²) in [4.78, 5) is 13.9. The molecule has 2 rings (SSSR count). The normalized spacial score (nSPS) is 10.8. The summed E-state index contributed by atoms with van der Waals surface area (Å²) in [6.07, 6.45) is 2.53. The number of phenolic OH excluding ortho intramolecular Hbond substituents is 2. The Balaban J connectivity index is 2.01. The summed E-state index contributed by atoms with van der Waals surface area (Å²) >= 11 is 1.60. The van der Waals surface area contributed by atoms with Crippen molar-refractivity contribution in [1.82, 2.24) is 5.43 Å². The molecule has 0 saturated heterocycles. The van der Waals surface area contributed by atoms with Crippen molar-refractivity contribution in [2.45, 2.75) is 13.3 Å². The fraction of sp³-hybridized carbons (Fsp3) is 0.143. The number of hydrogen-bond donors (Lipinski definition) is 3. The average Bonchev–Trinajstić information content (AvgIpc) is 2.85. The summed E-state index contributed by atoms with van der Waals surface area (Å²) in [6, 6.07) is 7.61. The van der Waals surface area contributed by atoms with E-state index in [1.54, 1.807) is 17.6 Å². The maximum Gasteiger partial charge on any atom is 0.271 e. The number of carbonyl (C=O) groups is 1. The van der Waals surface area contributed by atoms with Crippen LogP contribution in [0.5, 0.6) is 11.5 Å². The molecular formula is C14H14N2O3S. The Morgan fingerprint density at radius 2 is 2.00 bits per heavy atom. The summed E-state index contributed by atoms with van der Waals surface area (Å²) in [5.41, 5.74) is 2.48. The monoisotopic (exact) mass is 290 g/mol. The molecule has 0 atom stereocenters. The first-order chi connectivity index (χ1) is 9.58. The lowest BCUT2D eigenvalue weighted by Gasteiger charge is -2.01. The number of nitrogens with one attached hydrogen (secondary N) is 1. The molecule has 1 heterocycles. The van der Waals surface area contributed by atoms with Gasteiger partial charge in [0.2, 0.25) is 0 Å². The molecule has 20 heavy (non-hydrogen) atoms. The van der Waals surface area contributed by atoms with E-state index in [2.05, 4.69) is 17.5 Å². The van der Waals surface area contributed by atoms with E-state index in [1.165, 1.54) is 17.0 Å². The molecule has 0 saturated carbocycles. The topological polar surface area (TPSA) is 81.9 Å². The number of amides is 1. The van der Waals surface area contributed by atoms with Crippen LogP contribution >= 0.6 is 11.3 Å². The minimum atomic E-state index is -0.500. The van der Waals surface area contributed by atoms with Gasteiger partial charge >= 0.3 is 0 Å². The smallest absolute Gasteiger partial charge is 0.271 e. The zero-order chi connectivity index (χ0) is 14.5. The first-order valence-corrected chi connectivity index (χ1v) is 6.85. The van der Waals surface area contributed by atoms with Crippen LogP contribution < -0.4 is 5.43 Å². The van der Waals surface area contributed by atoms with Gasteiger partial charge in [0.25, 0.3) is 5.91 Å². The van der Waals surface area contributed by atoms with Crippen LogP contribution in [0.4, 0.5) is 0 Å². The van der Waals surface area contributed by atoms with Gasteiger partial charge in [-0.05, 0) is 30.7 Å². The van der Waals surface area contributed by atoms with Crippen LogP contribution in [0.25, 0.3) is 0 Å². The van der Waals surface area contributed by atoms with Gasteiger partial charge in [-0.15, -0.1) is 11.3 Å². The highest BCUT2D eigenvalue weighted by molar-refractivity contribution is 7.13. The zero-order valence-electron chi connectivity index (χ0n) is 10.8. The predicted molar refractivity (Wildman–Crippen MR) is 78.5 cm³/mol. The van der Waals surface area contributed by atoms with Crippen LogP contribution in [0.15, 0.2) is 35.4 Å². The largest absolute Gasteiger partial charge is 0.508 e. The van der Waals surface area contributed by atoms with Crippen LogP contribution in [0.2, 0.25) is 0 Å². The Bertz CT molecular complexity index is 629. The summed E-state index contributed by atoms with van der Waals surface area (Å²) in [6.45, 7) is 2.07. The van der Waals surface area contributed by atoms with Gasteiger partial charge < -0.3 is 10.2 Å². The summed E-state index contributed by atoms with van der Waals surface area (Å²) in [5, 5.41) is 22.4. The second-order valence-electron chi connectivity index (χ2n) is 4.09. The van der Waals surface area contributed by atoms with Crippen molar-refractivity contribution in [2.24, 2.45) is 5.10 Å². The Kier molecular flexibility index (Phi) is 4.37. The third kappa shape index (κ3) is 3.58. The van der Waals surface area contributed by atoms with E-state index in [-0.39, 0.29) is 17.1 Å². The van der Waals surface area contributed by atoms with Gasteiger partial charge in [0, 0.05) is 21.4 Å². The number of hydrazone groups is 1. The summed E-state index contributed by atoms with van der Waals surface area (Å²) in [5.74, 6) is -0.852. The van der Waals surface area contributed by atoms with Gasteiger partial charge in [-0.2, -0.15) is 5.10 Å². The van der Waals surface area contributed by atoms with E-state index < -0.39 is 5.91 Å². The average molecular weight is 290 g/mol. The molecule has 6 heteroatoms. The fourth-order valence-electron chi connectivity index (χ4n) is 1.60. The third-order valence-electron chi connectivity index (χ3n) is 2.55. The molecule has 1 aromatic heterocycles. The highest BCUT2D eigenvalue weighted by Gasteiger charge is 2.07. The maximum absolute atomic E-state index is 11.8. The Morgan fingerprint density at radius 1 is 1.30 bits per heavy atom. The van der Waals surface area contributed by atoms with Gasteiger partial charge in [0.05, 0.1) is 6.21 Å². The molecule has 0 unspecified atom stereocenters. The Labute approximate surface area is 120 Å². The van der Waals surface area contributed by atoms with E-state index in [0.29, 0.717) is 0 Å². The zero-order valence-corrected chi connectivity index (χ0v) is 11.6. The van der Waals surface area contributed by atoms with Crippen molar-refractivity contribution in [3.05, 3.63) is 45.6 Å². The van der Waals surface area contributed by atoms with Gasteiger partial charge in [-0.3, -0.25) is 4.79 Å². The van der Waals surface area contributed by atoms with Crippen LogP contribution in [-0.2, 0) is 6.42 Å². The lowest BCUT2D eigenvalue weighted by Crippen LogP contribution is -2.17. The first-order valence-electron chi connectivity index (χ1n) is 6.03. The number of carbonyl (C=O) groups excluding carboxylic acids is 1. The van der Waals surface area contributed by atoms with Crippen LogP contribution in [0.3, 0.4) is 0 Å². The lowest BCUT2D eigenvalue weighted by atomic mass is 10.2. The molecule has 1 amide bonds. The molecule has 3 N–H and O–H groups in total. The van der Waals surface area contributed by atoms with E-state index in [9.17, 15) is 15.0 Å². The summed E-state index contributed by atoms with van der Waals surface area (Å²) in [7, 11) is 0. The molecule has 5 nitrogen and oxygen atoms in total. The minimum Gasteiger partial charge on any atom is -0.508 e. The number of hydrogen-bond acceptors (Lipinski definition) is 5. The van der Waals surface area contributed by atoms with Crippen molar-refractivity contribution in [3.63, 3.8) is 0 Å². The number of aryl methyl sites for hydroxylation is 1. The number of nitrogens with zero attached hydrogens (tertiary/aromatic N) is 1. The van der Waals surface area contributed by atoms with Crippen LogP contribution in [0.1, 0.15) is 27.0 Å². The van der Waals surface area contributed by atoms with Crippen LogP contribution in [0, 0.1) is 0 Å². The van der Waals surface area contributed by atoms with E-state index in [0.717, 1.165) is 17.4 Å². The first kappa shape index (κ1) is 14.1. The highest BCUT2D eigenvalue weighted by Crippen LogP contribution is 2.20. The standard InChI is InChI=1S/C14H14N2O3S/c1-2-12-3-4-13(20-12)8-15-16-14(19)9-5-10(17)7-11(18)6-9/h3-8,17-18H,2H2,1H3,(H,16,19)/b15-8+. The van der Waals surface area contributed by atoms with E-state index in [1.807, 2.05) is 12.1 Å². The third-order valence-corrected chi connectivity index (χ3v) is 3.72. The quantitative estimate of drug-likeness (QED) is 0.597. The molecule has 0 aliphatic rings. The molecule has 0 aliphatic heterocycles. The van der Waals surface area contributed by atoms with Crippen molar-refractivity contribution < 1.29 is 15.0 Å². The number of rotatable bonds is 4.